The molecule has 2 aromatic carbocycles. The van der Waals surface area contributed by atoms with E-state index >= 15 is 0 Å². The Labute approximate surface area is 166 Å². The van der Waals surface area contributed by atoms with Gasteiger partial charge in [0.05, 0.1) is 17.7 Å². The van der Waals surface area contributed by atoms with Gasteiger partial charge in [0.1, 0.15) is 23.3 Å². The molecule has 0 aliphatic carbocycles. The Kier molecular flexibility index (Phi) is 3.79. The maximum absolute atomic E-state index is 13.3. The molecule has 0 spiro atoms. The molecule has 3 unspecified atom stereocenters. The number of nitriles is 1. The molecule has 1 aromatic heterocycles. The first-order valence-corrected chi connectivity index (χ1v) is 9.25. The van der Waals surface area contributed by atoms with Crippen molar-refractivity contribution in [3.63, 3.8) is 0 Å². The lowest BCUT2D eigenvalue weighted by molar-refractivity contribution is -0.130. The van der Waals surface area contributed by atoms with Crippen LogP contribution in [0.3, 0.4) is 0 Å². The lowest BCUT2D eigenvalue weighted by atomic mass is 9.90. The molecule has 1 saturated heterocycles. The van der Waals surface area contributed by atoms with E-state index < -0.39 is 12.2 Å². The number of hydrazine groups is 1. The zero-order valence-electron chi connectivity index (χ0n) is 15.6. The number of hydrogen-bond donors (Lipinski definition) is 3. The van der Waals surface area contributed by atoms with E-state index in [9.17, 15) is 10.1 Å². The van der Waals surface area contributed by atoms with Crippen LogP contribution in [0.1, 0.15) is 24.3 Å². The highest BCUT2D eigenvalue weighted by molar-refractivity contribution is 6.20. The van der Waals surface area contributed by atoms with Gasteiger partial charge in [0.2, 0.25) is 5.89 Å². The van der Waals surface area contributed by atoms with Gasteiger partial charge in [0.15, 0.2) is 5.58 Å². The molecule has 1 amide bonds. The van der Waals surface area contributed by atoms with Crippen LogP contribution < -0.4 is 16.5 Å². The second-order valence-corrected chi connectivity index (χ2v) is 7.15. The smallest absolute Gasteiger partial charge is 0.277 e. The van der Waals surface area contributed by atoms with Crippen LogP contribution in [0.15, 0.2) is 58.6 Å². The SMILES string of the molecule is CC1=C(c2nc3cccc(N)c3o2)C(=O)N2NC(C#N)C(c3ccccc3)C2N1. The number of allylic oxidation sites excluding steroid dienone is 1. The van der Waals surface area contributed by atoms with Gasteiger partial charge < -0.3 is 15.5 Å². The first kappa shape index (κ1) is 17.3. The van der Waals surface area contributed by atoms with Gasteiger partial charge in [0.25, 0.3) is 5.91 Å². The summed E-state index contributed by atoms with van der Waals surface area (Å²) >= 11 is 0. The fourth-order valence-electron chi connectivity index (χ4n) is 4.06. The molecule has 8 nitrogen and oxygen atoms in total. The van der Waals surface area contributed by atoms with Gasteiger partial charge in [0, 0.05) is 5.70 Å². The van der Waals surface area contributed by atoms with Gasteiger partial charge in [-0.1, -0.05) is 36.4 Å². The number of benzene rings is 2. The van der Waals surface area contributed by atoms with Crippen molar-refractivity contribution in [2.24, 2.45) is 0 Å². The number of carbonyl (C=O) groups is 1. The Morgan fingerprint density at radius 3 is 2.72 bits per heavy atom. The van der Waals surface area contributed by atoms with E-state index in [0.717, 1.165) is 5.56 Å². The van der Waals surface area contributed by atoms with Crippen molar-refractivity contribution < 1.29 is 9.21 Å². The van der Waals surface area contributed by atoms with Crippen molar-refractivity contribution in [3.05, 3.63) is 65.7 Å². The minimum Gasteiger partial charge on any atom is -0.434 e. The minimum absolute atomic E-state index is 0.199. The van der Waals surface area contributed by atoms with Crippen molar-refractivity contribution in [2.45, 2.75) is 25.0 Å². The predicted octanol–water partition coefficient (Wildman–Crippen LogP) is 2.09. The van der Waals surface area contributed by atoms with Crippen LogP contribution in [0.4, 0.5) is 5.69 Å². The number of anilines is 1. The molecule has 5 rings (SSSR count). The summed E-state index contributed by atoms with van der Waals surface area (Å²) in [5.41, 5.74) is 12.4. The molecule has 0 radical (unpaired) electrons. The Bertz CT molecular complexity index is 1190. The number of amides is 1. The molecule has 29 heavy (non-hydrogen) atoms. The summed E-state index contributed by atoms with van der Waals surface area (Å²) in [5, 5.41) is 14.5. The average molecular weight is 386 g/mol. The van der Waals surface area contributed by atoms with E-state index in [1.165, 1.54) is 5.01 Å². The lowest BCUT2D eigenvalue weighted by Crippen LogP contribution is -2.54. The van der Waals surface area contributed by atoms with E-state index in [2.05, 4.69) is 21.8 Å². The van der Waals surface area contributed by atoms with Crippen molar-refractivity contribution in [1.29, 1.82) is 5.26 Å². The third-order valence-corrected chi connectivity index (χ3v) is 5.41. The average Bonchev–Trinajstić information content (AvgIpc) is 3.31. The van der Waals surface area contributed by atoms with Crippen molar-refractivity contribution >= 4 is 28.3 Å². The number of hydrogen-bond acceptors (Lipinski definition) is 7. The number of nitrogens with zero attached hydrogens (tertiary/aromatic N) is 3. The van der Waals surface area contributed by atoms with Gasteiger partial charge in [-0.15, -0.1) is 0 Å². The number of carbonyl (C=O) groups excluding carboxylic acids is 1. The van der Waals surface area contributed by atoms with Gasteiger partial charge in [-0.3, -0.25) is 4.79 Å². The number of nitrogens with one attached hydrogen (secondary N) is 2. The van der Waals surface area contributed by atoms with Crippen molar-refractivity contribution in [1.82, 2.24) is 20.7 Å². The summed E-state index contributed by atoms with van der Waals surface area (Å²) in [5.74, 6) is -0.319. The topological polar surface area (TPSA) is 120 Å². The molecule has 3 heterocycles. The molecule has 2 aliphatic heterocycles. The molecular formula is C21H18N6O2. The molecule has 3 aromatic rings. The van der Waals surface area contributed by atoms with Crippen LogP contribution in [0.2, 0.25) is 0 Å². The number of nitrogen functional groups attached to an aromatic ring is 1. The van der Waals surface area contributed by atoms with E-state index in [-0.39, 0.29) is 17.7 Å². The number of para-hydroxylation sites is 1. The van der Waals surface area contributed by atoms with Gasteiger partial charge in [-0.05, 0) is 24.6 Å². The second-order valence-electron chi connectivity index (χ2n) is 7.15. The monoisotopic (exact) mass is 386 g/mol. The van der Waals surface area contributed by atoms with Crippen molar-refractivity contribution in [3.8, 4) is 6.07 Å². The molecule has 1 fully saturated rings. The number of oxazole rings is 1. The largest absolute Gasteiger partial charge is 0.434 e. The number of fused-ring (bicyclic) bond motifs is 2. The molecule has 0 bridgehead atoms. The van der Waals surface area contributed by atoms with Gasteiger partial charge >= 0.3 is 0 Å². The highest BCUT2D eigenvalue weighted by Gasteiger charge is 2.49. The molecule has 0 saturated carbocycles. The molecule has 8 heteroatoms. The summed E-state index contributed by atoms with van der Waals surface area (Å²) in [6.45, 7) is 1.81. The Morgan fingerprint density at radius 2 is 2.00 bits per heavy atom. The molecule has 3 atom stereocenters. The zero-order chi connectivity index (χ0) is 20.1. The highest BCUT2D eigenvalue weighted by Crippen LogP contribution is 2.37. The molecule has 2 aliphatic rings. The normalized spacial score (nSPS) is 23.8. The third kappa shape index (κ3) is 2.56. The summed E-state index contributed by atoms with van der Waals surface area (Å²) in [6.07, 6.45) is -0.396. The van der Waals surface area contributed by atoms with Crippen LogP contribution >= 0.6 is 0 Å². The Hall–Kier alpha value is -3.83. The maximum atomic E-state index is 13.3. The number of aromatic nitrogens is 1. The first-order valence-electron chi connectivity index (χ1n) is 9.25. The minimum atomic E-state index is -0.551. The summed E-state index contributed by atoms with van der Waals surface area (Å²) in [4.78, 5) is 17.8. The van der Waals surface area contributed by atoms with Gasteiger partial charge in [-0.2, -0.15) is 5.26 Å². The van der Waals surface area contributed by atoms with Crippen LogP contribution in [0.25, 0.3) is 16.7 Å². The predicted molar refractivity (Wildman–Crippen MR) is 107 cm³/mol. The summed E-state index contributed by atoms with van der Waals surface area (Å²) in [6, 6.07) is 16.7. The molecular weight excluding hydrogens is 368 g/mol. The van der Waals surface area contributed by atoms with E-state index in [1.54, 1.807) is 18.2 Å². The fraction of sp³-hybridized carbons (Fsp3) is 0.190. The molecule has 4 N–H and O–H groups in total. The van der Waals surface area contributed by atoms with Crippen molar-refractivity contribution in [2.75, 3.05) is 5.73 Å². The van der Waals surface area contributed by atoms with E-state index in [4.69, 9.17) is 10.2 Å². The quantitative estimate of drug-likeness (QED) is 0.577. The standard InChI is InChI=1S/C21H18N6O2/c1-11-16(20-25-14-9-5-8-13(23)18(14)29-20)21(28)27-19(24-11)17(15(10-22)26-27)12-6-3-2-4-7-12/h2-9,15,17,19,24,26H,23H2,1H3. The Morgan fingerprint density at radius 1 is 1.21 bits per heavy atom. The lowest BCUT2D eigenvalue weighted by Gasteiger charge is -2.34. The van der Waals surface area contributed by atoms with Gasteiger partial charge in [-0.25, -0.2) is 15.4 Å². The molecule has 144 valence electrons. The maximum Gasteiger partial charge on any atom is 0.277 e. The summed E-state index contributed by atoms with van der Waals surface area (Å²) in [7, 11) is 0. The summed E-state index contributed by atoms with van der Waals surface area (Å²) < 4.78 is 5.82. The second kappa shape index (κ2) is 6.36. The first-order chi connectivity index (χ1) is 14.1. The number of nitrogens with two attached hydrogens (primary N) is 1. The van der Waals surface area contributed by atoms with Crippen LogP contribution in [-0.2, 0) is 4.79 Å². The van der Waals surface area contributed by atoms with Crippen LogP contribution in [0.5, 0.6) is 0 Å². The van der Waals surface area contributed by atoms with E-state index in [1.807, 2.05) is 37.3 Å². The number of rotatable bonds is 2. The fourth-order valence-corrected chi connectivity index (χ4v) is 4.06. The highest BCUT2D eigenvalue weighted by atomic mass is 16.3. The Balaban J connectivity index is 1.58. The van der Waals surface area contributed by atoms with E-state index in [0.29, 0.717) is 28.1 Å². The van der Waals surface area contributed by atoms with Crippen LogP contribution in [-0.4, -0.2) is 28.1 Å². The van der Waals surface area contributed by atoms with Crippen LogP contribution in [0, 0.1) is 11.3 Å². The zero-order valence-corrected chi connectivity index (χ0v) is 15.6. The third-order valence-electron chi connectivity index (χ3n) is 5.41.